The van der Waals surface area contributed by atoms with Crippen molar-refractivity contribution >= 4 is 27.5 Å². The maximum absolute atomic E-state index is 5.87. The summed E-state index contributed by atoms with van der Waals surface area (Å²) in [5, 5.41) is 0. The van der Waals surface area contributed by atoms with Crippen molar-refractivity contribution < 1.29 is 0 Å². The molecule has 1 rings (SSSR count). The Morgan fingerprint density at radius 3 is 2.83 bits per heavy atom. The third-order valence-corrected chi connectivity index (χ3v) is 2.41. The van der Waals surface area contributed by atoms with Gasteiger partial charge in [-0.3, -0.25) is 0 Å². The van der Waals surface area contributed by atoms with Gasteiger partial charge in [-0.1, -0.05) is 28.1 Å². The van der Waals surface area contributed by atoms with Crippen LogP contribution in [0.5, 0.6) is 0 Å². The van der Waals surface area contributed by atoms with Gasteiger partial charge < -0.3 is 5.73 Å². The number of nitrogens with two attached hydrogens (primary N) is 1. The van der Waals surface area contributed by atoms with Crippen LogP contribution >= 0.6 is 27.5 Å². The Bertz CT molecular complexity index is 252. The van der Waals surface area contributed by atoms with Gasteiger partial charge in [0.15, 0.2) is 0 Å². The van der Waals surface area contributed by atoms with Crippen molar-refractivity contribution in [3.8, 4) is 0 Å². The van der Waals surface area contributed by atoms with Gasteiger partial charge in [-0.25, -0.2) is 0 Å². The molecule has 0 saturated heterocycles. The van der Waals surface area contributed by atoms with Gasteiger partial charge in [0.25, 0.3) is 0 Å². The monoisotopic (exact) mass is 247 g/mol. The predicted molar refractivity (Wildman–Crippen MR) is 56.4 cm³/mol. The summed E-state index contributed by atoms with van der Waals surface area (Å²) in [5.41, 5.74) is 7.00. The molecular formula is C9H11BrClN. The molecule has 0 fully saturated rings. The zero-order valence-electron chi connectivity index (χ0n) is 6.63. The summed E-state index contributed by atoms with van der Waals surface area (Å²) >= 11 is 8.99. The highest BCUT2D eigenvalue weighted by Crippen LogP contribution is 2.18. The molecule has 2 N–H and O–H groups in total. The van der Waals surface area contributed by atoms with Crippen molar-refractivity contribution in [3.05, 3.63) is 34.3 Å². The first kappa shape index (κ1) is 10.0. The van der Waals surface area contributed by atoms with Crippen LogP contribution in [0, 0.1) is 0 Å². The fourth-order valence-corrected chi connectivity index (χ4v) is 1.67. The minimum atomic E-state index is 0.0556. The Kier molecular flexibility index (Phi) is 4.06. The summed E-state index contributed by atoms with van der Waals surface area (Å²) in [4.78, 5) is 0. The molecule has 0 aromatic heterocycles. The molecule has 0 aliphatic carbocycles. The summed E-state index contributed by atoms with van der Waals surface area (Å²) in [6.45, 7) is 0. The Morgan fingerprint density at radius 1 is 1.50 bits per heavy atom. The normalized spacial score (nSPS) is 12.9. The van der Waals surface area contributed by atoms with Gasteiger partial charge in [-0.15, -0.1) is 11.6 Å². The average Bonchev–Trinajstić information content (AvgIpc) is 2.05. The molecule has 0 heterocycles. The Labute approximate surface area is 86.0 Å². The van der Waals surface area contributed by atoms with Gasteiger partial charge in [0.05, 0.1) is 0 Å². The minimum absolute atomic E-state index is 0.0556. The van der Waals surface area contributed by atoms with E-state index in [2.05, 4.69) is 15.9 Å². The summed E-state index contributed by atoms with van der Waals surface area (Å²) in [5.74, 6) is 0.605. The van der Waals surface area contributed by atoms with Crippen LogP contribution in [-0.2, 0) is 0 Å². The molecule has 0 spiro atoms. The Balaban J connectivity index is 2.73. The largest absolute Gasteiger partial charge is 0.324 e. The zero-order chi connectivity index (χ0) is 8.97. The standard InChI is InChI=1S/C9H11BrClN/c10-8-3-1-2-7(6-8)9(12)4-5-11/h1-3,6,9H,4-5,12H2. The van der Waals surface area contributed by atoms with Crippen LogP contribution in [0.1, 0.15) is 18.0 Å². The van der Waals surface area contributed by atoms with E-state index in [-0.39, 0.29) is 6.04 Å². The van der Waals surface area contributed by atoms with Crippen LogP contribution in [0.4, 0.5) is 0 Å². The third-order valence-electron chi connectivity index (χ3n) is 1.70. The van der Waals surface area contributed by atoms with Crippen molar-refractivity contribution in [1.29, 1.82) is 0 Å². The number of hydrogen-bond donors (Lipinski definition) is 1. The molecule has 0 aliphatic heterocycles. The van der Waals surface area contributed by atoms with E-state index >= 15 is 0 Å². The van der Waals surface area contributed by atoms with E-state index in [4.69, 9.17) is 17.3 Å². The molecule has 66 valence electrons. The van der Waals surface area contributed by atoms with E-state index in [0.717, 1.165) is 16.5 Å². The van der Waals surface area contributed by atoms with E-state index in [1.54, 1.807) is 0 Å². The van der Waals surface area contributed by atoms with Gasteiger partial charge in [0, 0.05) is 16.4 Å². The first-order valence-electron chi connectivity index (χ1n) is 3.81. The van der Waals surface area contributed by atoms with Gasteiger partial charge in [-0.2, -0.15) is 0 Å². The first-order chi connectivity index (χ1) is 5.74. The highest BCUT2D eigenvalue weighted by molar-refractivity contribution is 9.10. The Morgan fingerprint density at radius 2 is 2.25 bits per heavy atom. The van der Waals surface area contributed by atoms with Gasteiger partial charge in [-0.05, 0) is 24.1 Å². The molecule has 0 amide bonds. The van der Waals surface area contributed by atoms with Gasteiger partial charge in [0.1, 0.15) is 0 Å². The number of benzene rings is 1. The highest BCUT2D eigenvalue weighted by Gasteiger charge is 2.04. The van der Waals surface area contributed by atoms with Crippen molar-refractivity contribution in [1.82, 2.24) is 0 Å². The summed E-state index contributed by atoms with van der Waals surface area (Å²) < 4.78 is 1.06. The molecule has 0 saturated carbocycles. The van der Waals surface area contributed by atoms with Crippen molar-refractivity contribution in [2.75, 3.05) is 5.88 Å². The molecular weight excluding hydrogens is 237 g/mol. The van der Waals surface area contributed by atoms with Crippen molar-refractivity contribution in [3.63, 3.8) is 0 Å². The van der Waals surface area contributed by atoms with E-state index in [0.29, 0.717) is 5.88 Å². The third kappa shape index (κ3) is 2.77. The van der Waals surface area contributed by atoms with E-state index in [1.165, 1.54) is 0 Å². The summed E-state index contributed by atoms with van der Waals surface area (Å²) in [6, 6.07) is 8.06. The fourth-order valence-electron chi connectivity index (χ4n) is 1.02. The highest BCUT2D eigenvalue weighted by atomic mass is 79.9. The van der Waals surface area contributed by atoms with Crippen molar-refractivity contribution in [2.24, 2.45) is 5.73 Å². The molecule has 0 bridgehead atoms. The maximum Gasteiger partial charge on any atom is 0.0306 e. The maximum atomic E-state index is 5.87. The topological polar surface area (TPSA) is 26.0 Å². The van der Waals surface area contributed by atoms with Gasteiger partial charge >= 0.3 is 0 Å². The van der Waals surface area contributed by atoms with E-state index in [1.807, 2.05) is 24.3 Å². The molecule has 12 heavy (non-hydrogen) atoms. The van der Waals surface area contributed by atoms with Crippen molar-refractivity contribution in [2.45, 2.75) is 12.5 Å². The SMILES string of the molecule is NC(CCCl)c1cccc(Br)c1. The molecule has 0 radical (unpaired) electrons. The molecule has 3 heteroatoms. The zero-order valence-corrected chi connectivity index (χ0v) is 8.98. The Hall–Kier alpha value is -0.0500. The second-order valence-electron chi connectivity index (χ2n) is 2.64. The molecule has 1 aromatic carbocycles. The summed E-state index contributed by atoms with van der Waals surface area (Å²) in [7, 11) is 0. The second-order valence-corrected chi connectivity index (χ2v) is 3.93. The number of rotatable bonds is 3. The van der Waals surface area contributed by atoms with Crippen LogP contribution in [0.15, 0.2) is 28.7 Å². The van der Waals surface area contributed by atoms with Crippen LogP contribution in [0.25, 0.3) is 0 Å². The van der Waals surface area contributed by atoms with Crippen LogP contribution < -0.4 is 5.73 Å². The lowest BCUT2D eigenvalue weighted by Crippen LogP contribution is -2.10. The predicted octanol–water partition coefficient (Wildman–Crippen LogP) is 3.08. The minimum Gasteiger partial charge on any atom is -0.324 e. The van der Waals surface area contributed by atoms with E-state index < -0.39 is 0 Å². The molecule has 1 nitrogen and oxygen atoms in total. The molecule has 0 aliphatic rings. The lowest BCUT2D eigenvalue weighted by atomic mass is 10.1. The number of hydrogen-bond acceptors (Lipinski definition) is 1. The molecule has 1 aromatic rings. The average molecular weight is 249 g/mol. The van der Waals surface area contributed by atoms with E-state index in [9.17, 15) is 0 Å². The molecule has 1 atom stereocenters. The number of halogens is 2. The van der Waals surface area contributed by atoms with Crippen LogP contribution in [0.3, 0.4) is 0 Å². The quantitative estimate of drug-likeness (QED) is 0.818. The second kappa shape index (κ2) is 4.85. The van der Waals surface area contributed by atoms with Crippen LogP contribution in [0.2, 0.25) is 0 Å². The fraction of sp³-hybridized carbons (Fsp3) is 0.333. The lowest BCUT2D eigenvalue weighted by molar-refractivity contribution is 0.702. The number of alkyl halides is 1. The van der Waals surface area contributed by atoms with Crippen LogP contribution in [-0.4, -0.2) is 5.88 Å². The summed E-state index contributed by atoms with van der Waals surface area (Å²) in [6.07, 6.45) is 0.817. The van der Waals surface area contributed by atoms with Gasteiger partial charge in [0.2, 0.25) is 0 Å². The smallest absolute Gasteiger partial charge is 0.0306 e. The lowest BCUT2D eigenvalue weighted by Gasteiger charge is -2.09. The molecule has 1 unspecified atom stereocenters. The first-order valence-corrected chi connectivity index (χ1v) is 5.14.